The highest BCUT2D eigenvalue weighted by atomic mass is 16.5. The predicted octanol–water partition coefficient (Wildman–Crippen LogP) is 2.12. The highest BCUT2D eigenvalue weighted by Crippen LogP contribution is 2.23. The number of urea groups is 1. The highest BCUT2D eigenvalue weighted by molar-refractivity contribution is 5.97. The van der Waals surface area contributed by atoms with Gasteiger partial charge in [0.2, 0.25) is 0 Å². The van der Waals surface area contributed by atoms with Crippen LogP contribution in [0.25, 0.3) is 0 Å². The van der Waals surface area contributed by atoms with Crippen LogP contribution in [0.1, 0.15) is 48.5 Å². The second-order valence-electron chi connectivity index (χ2n) is 6.16. The largest absolute Gasteiger partial charge is 0.452 e. The summed E-state index contributed by atoms with van der Waals surface area (Å²) >= 11 is 0. The lowest BCUT2D eigenvalue weighted by molar-refractivity contribution is -0.123. The number of carbonyl (C=O) groups excluding carboxylic acids is 3. The number of amides is 3. The van der Waals surface area contributed by atoms with Crippen LogP contribution in [0.3, 0.4) is 0 Å². The second kappa shape index (κ2) is 8.83. The van der Waals surface area contributed by atoms with Gasteiger partial charge in [-0.25, -0.2) is 9.59 Å². The van der Waals surface area contributed by atoms with Crippen LogP contribution >= 0.6 is 0 Å². The fraction of sp³-hybridized carbons (Fsp3) is 0.444. The molecule has 7 nitrogen and oxygen atoms in total. The van der Waals surface area contributed by atoms with E-state index in [1.54, 1.807) is 12.1 Å². The zero-order valence-electron chi connectivity index (χ0n) is 14.1. The van der Waals surface area contributed by atoms with E-state index in [0.717, 1.165) is 25.7 Å². The Kier molecular flexibility index (Phi) is 6.52. The smallest absolute Gasteiger partial charge is 0.338 e. The number of nitrogens with one attached hydrogen (secondary N) is 2. The van der Waals surface area contributed by atoms with Crippen LogP contribution in [0.4, 0.5) is 4.79 Å². The van der Waals surface area contributed by atoms with Crippen LogP contribution in [-0.4, -0.2) is 30.6 Å². The van der Waals surface area contributed by atoms with E-state index in [2.05, 4.69) is 17.6 Å². The predicted molar refractivity (Wildman–Crippen MR) is 89.5 cm³/mol. The number of hydrogen-bond donors (Lipinski definition) is 2. The number of esters is 1. The Morgan fingerprint density at radius 1 is 1.28 bits per heavy atom. The normalized spacial score (nSPS) is 19.4. The van der Waals surface area contributed by atoms with Crippen LogP contribution in [0.15, 0.2) is 24.3 Å². The van der Waals surface area contributed by atoms with Crippen LogP contribution in [0, 0.1) is 17.2 Å². The number of nitrogens with zero attached hydrogens (tertiary/aromatic N) is 1. The maximum absolute atomic E-state index is 11.9. The third-order valence-electron chi connectivity index (χ3n) is 4.24. The van der Waals surface area contributed by atoms with E-state index in [-0.39, 0.29) is 11.6 Å². The first-order chi connectivity index (χ1) is 12.0. The standard InChI is InChI=1S/C18H21N3O4/c1-12-5-2-3-8-15(12)20-18(24)21-16(22)11-25-17(23)14-7-4-6-13(9-14)10-19/h4,6-7,9,12,15H,2-3,5,8,11H2,1H3,(H2,20,21,22,24)/t12-,15+/m0/s1. The quantitative estimate of drug-likeness (QED) is 0.814. The van der Waals surface area contributed by atoms with Crippen molar-refractivity contribution in [3.63, 3.8) is 0 Å². The lowest BCUT2D eigenvalue weighted by Crippen LogP contribution is -2.48. The third kappa shape index (κ3) is 5.60. The van der Waals surface area contributed by atoms with Gasteiger partial charge in [0.25, 0.3) is 5.91 Å². The van der Waals surface area contributed by atoms with Crippen molar-refractivity contribution in [1.82, 2.24) is 10.6 Å². The van der Waals surface area contributed by atoms with Gasteiger partial charge in [-0.3, -0.25) is 10.1 Å². The molecule has 2 N–H and O–H groups in total. The molecule has 0 unspecified atom stereocenters. The molecule has 25 heavy (non-hydrogen) atoms. The van der Waals surface area contributed by atoms with Gasteiger partial charge in [-0.2, -0.15) is 5.26 Å². The SMILES string of the molecule is C[C@H]1CCCC[C@H]1NC(=O)NC(=O)COC(=O)c1cccc(C#N)c1. The minimum absolute atomic E-state index is 0.0535. The van der Waals surface area contributed by atoms with E-state index >= 15 is 0 Å². The van der Waals surface area contributed by atoms with Gasteiger partial charge in [0.05, 0.1) is 17.2 Å². The molecule has 1 fully saturated rings. The minimum Gasteiger partial charge on any atom is -0.452 e. The van der Waals surface area contributed by atoms with Crippen LogP contribution < -0.4 is 10.6 Å². The molecule has 1 aromatic rings. The molecule has 1 saturated carbocycles. The van der Waals surface area contributed by atoms with E-state index in [1.807, 2.05) is 6.07 Å². The summed E-state index contributed by atoms with van der Waals surface area (Å²) in [5.74, 6) is -1.06. The maximum Gasteiger partial charge on any atom is 0.338 e. The van der Waals surface area contributed by atoms with E-state index in [1.165, 1.54) is 12.1 Å². The first-order valence-electron chi connectivity index (χ1n) is 8.27. The zero-order chi connectivity index (χ0) is 18.2. The fourth-order valence-corrected chi connectivity index (χ4v) is 2.83. The van der Waals surface area contributed by atoms with E-state index in [0.29, 0.717) is 11.5 Å². The summed E-state index contributed by atoms with van der Waals surface area (Å²) < 4.78 is 4.86. The molecular weight excluding hydrogens is 322 g/mol. The monoisotopic (exact) mass is 343 g/mol. The topological polar surface area (TPSA) is 108 Å². The number of benzene rings is 1. The van der Waals surface area contributed by atoms with Crippen molar-refractivity contribution in [3.05, 3.63) is 35.4 Å². The molecule has 0 saturated heterocycles. The van der Waals surface area contributed by atoms with Crippen molar-refractivity contribution in [3.8, 4) is 6.07 Å². The molecule has 0 bridgehead atoms. The molecule has 2 atom stereocenters. The summed E-state index contributed by atoms with van der Waals surface area (Å²) in [7, 11) is 0. The lowest BCUT2D eigenvalue weighted by Gasteiger charge is -2.29. The third-order valence-corrected chi connectivity index (χ3v) is 4.24. The van der Waals surface area contributed by atoms with Gasteiger partial charge in [0.15, 0.2) is 6.61 Å². The van der Waals surface area contributed by atoms with E-state index in [9.17, 15) is 14.4 Å². The molecule has 2 rings (SSSR count). The summed E-state index contributed by atoms with van der Waals surface area (Å²) in [5.41, 5.74) is 0.493. The van der Waals surface area contributed by atoms with Gasteiger partial charge in [-0.05, 0) is 37.0 Å². The van der Waals surface area contributed by atoms with Crippen molar-refractivity contribution in [2.75, 3.05) is 6.61 Å². The molecule has 0 spiro atoms. The highest BCUT2D eigenvalue weighted by Gasteiger charge is 2.23. The van der Waals surface area contributed by atoms with Gasteiger partial charge in [0.1, 0.15) is 0 Å². The number of rotatable bonds is 4. The molecule has 132 valence electrons. The molecule has 0 radical (unpaired) electrons. The average Bonchev–Trinajstić information content (AvgIpc) is 2.61. The van der Waals surface area contributed by atoms with Gasteiger partial charge in [0, 0.05) is 6.04 Å². The Balaban J connectivity index is 1.77. The van der Waals surface area contributed by atoms with E-state index < -0.39 is 24.5 Å². The average molecular weight is 343 g/mol. The lowest BCUT2D eigenvalue weighted by atomic mass is 9.86. The minimum atomic E-state index is -0.728. The molecule has 0 heterocycles. The van der Waals surface area contributed by atoms with Crippen LogP contribution in [0.2, 0.25) is 0 Å². The Labute approximate surface area is 146 Å². The summed E-state index contributed by atoms with van der Waals surface area (Å²) in [6.45, 7) is 1.51. The fourth-order valence-electron chi connectivity index (χ4n) is 2.83. The zero-order valence-corrected chi connectivity index (χ0v) is 14.1. The molecule has 1 aliphatic carbocycles. The molecule has 0 aliphatic heterocycles. The summed E-state index contributed by atoms with van der Waals surface area (Å²) in [6.07, 6.45) is 4.16. The van der Waals surface area contributed by atoms with Gasteiger partial charge >= 0.3 is 12.0 Å². The molecule has 3 amide bonds. The van der Waals surface area contributed by atoms with Gasteiger partial charge in [-0.15, -0.1) is 0 Å². The molecule has 1 aliphatic rings. The van der Waals surface area contributed by atoms with E-state index in [4.69, 9.17) is 10.00 Å². The van der Waals surface area contributed by atoms with Crippen molar-refractivity contribution < 1.29 is 19.1 Å². The van der Waals surface area contributed by atoms with Crippen molar-refractivity contribution in [2.45, 2.75) is 38.6 Å². The number of hydrogen-bond acceptors (Lipinski definition) is 5. The summed E-state index contributed by atoms with van der Waals surface area (Å²) in [4.78, 5) is 35.4. The molecule has 7 heteroatoms. The molecule has 1 aromatic carbocycles. The first-order valence-corrected chi connectivity index (χ1v) is 8.27. The first kappa shape index (κ1) is 18.5. The van der Waals surface area contributed by atoms with Crippen molar-refractivity contribution >= 4 is 17.9 Å². The van der Waals surface area contributed by atoms with Crippen LogP contribution in [-0.2, 0) is 9.53 Å². The van der Waals surface area contributed by atoms with Crippen molar-refractivity contribution in [1.29, 1.82) is 5.26 Å². The van der Waals surface area contributed by atoms with Gasteiger partial charge < -0.3 is 10.1 Å². The number of nitriles is 1. The summed E-state index contributed by atoms with van der Waals surface area (Å²) in [5, 5.41) is 13.7. The maximum atomic E-state index is 11.9. The molecular formula is C18H21N3O4. The Bertz CT molecular complexity index is 696. The number of carbonyl (C=O) groups is 3. The Morgan fingerprint density at radius 2 is 2.04 bits per heavy atom. The Hall–Kier alpha value is -2.88. The Morgan fingerprint density at radius 3 is 2.76 bits per heavy atom. The van der Waals surface area contributed by atoms with Crippen molar-refractivity contribution in [2.24, 2.45) is 5.92 Å². The van der Waals surface area contributed by atoms with Gasteiger partial charge in [-0.1, -0.05) is 25.8 Å². The summed E-state index contributed by atoms with van der Waals surface area (Å²) in [6, 6.07) is 7.35. The van der Waals surface area contributed by atoms with Crippen LogP contribution in [0.5, 0.6) is 0 Å². The number of ether oxygens (including phenoxy) is 1. The molecule has 0 aromatic heterocycles. The number of imide groups is 1. The second-order valence-corrected chi connectivity index (χ2v) is 6.16.